The van der Waals surface area contributed by atoms with Gasteiger partial charge >= 0.3 is 0 Å². The SMILES string of the molecule is CN1C[C@@H]2[C@@H](CCCN2Cc2cc(F)ccc2C#N)C1=O. The van der Waals surface area contributed by atoms with Crippen molar-refractivity contribution >= 4 is 5.91 Å². The maximum atomic E-state index is 13.4. The lowest BCUT2D eigenvalue weighted by atomic mass is 9.91. The molecule has 1 aromatic rings. The van der Waals surface area contributed by atoms with Crippen LogP contribution in [-0.2, 0) is 11.3 Å². The number of nitriles is 1. The van der Waals surface area contributed by atoms with Crippen molar-refractivity contribution in [2.24, 2.45) is 5.92 Å². The van der Waals surface area contributed by atoms with Gasteiger partial charge in [0.05, 0.1) is 17.6 Å². The zero-order valence-corrected chi connectivity index (χ0v) is 12.1. The highest BCUT2D eigenvalue weighted by Gasteiger charge is 2.43. The first kappa shape index (κ1) is 14.0. The Balaban J connectivity index is 1.83. The van der Waals surface area contributed by atoms with Gasteiger partial charge in [-0.3, -0.25) is 9.69 Å². The van der Waals surface area contributed by atoms with E-state index >= 15 is 0 Å². The van der Waals surface area contributed by atoms with Gasteiger partial charge in [-0.1, -0.05) is 0 Å². The summed E-state index contributed by atoms with van der Waals surface area (Å²) in [5, 5.41) is 9.16. The molecule has 3 rings (SSSR count). The van der Waals surface area contributed by atoms with E-state index in [1.165, 1.54) is 18.2 Å². The summed E-state index contributed by atoms with van der Waals surface area (Å²) in [5.74, 6) is -0.0514. The molecular formula is C16H18FN3O. The van der Waals surface area contributed by atoms with Gasteiger partial charge in [-0.15, -0.1) is 0 Å². The van der Waals surface area contributed by atoms with E-state index in [0.29, 0.717) is 17.7 Å². The molecule has 2 aliphatic rings. The number of carbonyl (C=O) groups is 1. The van der Waals surface area contributed by atoms with Gasteiger partial charge in [-0.05, 0) is 43.1 Å². The maximum absolute atomic E-state index is 13.4. The zero-order valence-electron chi connectivity index (χ0n) is 12.1. The Bertz CT molecular complexity index is 610. The number of hydrogen-bond donors (Lipinski definition) is 0. The third kappa shape index (κ3) is 2.52. The molecule has 2 atom stereocenters. The van der Waals surface area contributed by atoms with Crippen LogP contribution in [0.4, 0.5) is 4.39 Å². The van der Waals surface area contributed by atoms with E-state index in [0.717, 1.165) is 25.9 Å². The summed E-state index contributed by atoms with van der Waals surface area (Å²) in [7, 11) is 1.84. The van der Waals surface area contributed by atoms with Crippen LogP contribution in [0, 0.1) is 23.1 Å². The van der Waals surface area contributed by atoms with E-state index in [1.54, 1.807) is 4.90 Å². The molecule has 0 N–H and O–H groups in total. The predicted molar refractivity (Wildman–Crippen MR) is 75.7 cm³/mol. The van der Waals surface area contributed by atoms with Crippen LogP contribution in [0.25, 0.3) is 0 Å². The molecule has 1 aromatic carbocycles. The molecule has 2 aliphatic heterocycles. The fourth-order valence-electron chi connectivity index (χ4n) is 3.53. The normalized spacial score (nSPS) is 25.8. The van der Waals surface area contributed by atoms with Crippen molar-refractivity contribution in [3.8, 4) is 6.07 Å². The zero-order chi connectivity index (χ0) is 15.0. The summed E-state index contributed by atoms with van der Waals surface area (Å²) in [6.07, 6.45) is 1.90. The second-order valence-corrected chi connectivity index (χ2v) is 5.92. The molecule has 0 bridgehead atoms. The number of amides is 1. The van der Waals surface area contributed by atoms with Crippen LogP contribution in [0.5, 0.6) is 0 Å². The first-order valence-corrected chi connectivity index (χ1v) is 7.27. The summed E-state index contributed by atoms with van der Waals surface area (Å²) >= 11 is 0. The van der Waals surface area contributed by atoms with E-state index in [9.17, 15) is 9.18 Å². The monoisotopic (exact) mass is 287 g/mol. The molecule has 5 heteroatoms. The number of nitrogens with zero attached hydrogens (tertiary/aromatic N) is 3. The van der Waals surface area contributed by atoms with E-state index in [4.69, 9.17) is 5.26 Å². The fourth-order valence-corrected chi connectivity index (χ4v) is 3.53. The molecule has 1 amide bonds. The molecule has 4 nitrogen and oxygen atoms in total. The lowest BCUT2D eigenvalue weighted by molar-refractivity contribution is -0.130. The Kier molecular flexibility index (Phi) is 3.64. The number of hydrogen-bond acceptors (Lipinski definition) is 3. The number of fused-ring (bicyclic) bond motifs is 1. The molecule has 21 heavy (non-hydrogen) atoms. The molecule has 2 saturated heterocycles. The summed E-state index contributed by atoms with van der Waals surface area (Å²) in [5.41, 5.74) is 1.22. The molecule has 0 spiro atoms. The lowest BCUT2D eigenvalue weighted by Gasteiger charge is -2.36. The highest BCUT2D eigenvalue weighted by atomic mass is 19.1. The molecule has 0 saturated carbocycles. The molecule has 0 radical (unpaired) electrons. The van der Waals surface area contributed by atoms with Crippen LogP contribution >= 0.6 is 0 Å². The largest absolute Gasteiger partial charge is 0.344 e. The minimum absolute atomic E-state index is 0.0582. The van der Waals surface area contributed by atoms with Gasteiger partial charge in [0.25, 0.3) is 0 Å². The van der Waals surface area contributed by atoms with Crippen molar-refractivity contribution in [2.45, 2.75) is 25.4 Å². The van der Waals surface area contributed by atoms with Crippen molar-refractivity contribution in [2.75, 3.05) is 20.1 Å². The van der Waals surface area contributed by atoms with Crippen LogP contribution in [-0.4, -0.2) is 41.9 Å². The minimum atomic E-state index is -0.322. The smallest absolute Gasteiger partial charge is 0.227 e. The second-order valence-electron chi connectivity index (χ2n) is 5.92. The van der Waals surface area contributed by atoms with E-state index in [2.05, 4.69) is 11.0 Å². The quantitative estimate of drug-likeness (QED) is 0.832. The first-order valence-electron chi connectivity index (χ1n) is 7.27. The van der Waals surface area contributed by atoms with E-state index < -0.39 is 0 Å². The third-order valence-electron chi connectivity index (χ3n) is 4.61. The van der Waals surface area contributed by atoms with Gasteiger partial charge in [0, 0.05) is 26.2 Å². The molecule has 2 heterocycles. The Morgan fingerprint density at radius 3 is 3.05 bits per heavy atom. The highest BCUT2D eigenvalue weighted by molar-refractivity contribution is 5.82. The second kappa shape index (κ2) is 5.45. The Morgan fingerprint density at radius 1 is 1.48 bits per heavy atom. The number of carbonyl (C=O) groups excluding carboxylic acids is 1. The highest BCUT2D eigenvalue weighted by Crippen LogP contribution is 2.32. The van der Waals surface area contributed by atoms with Crippen molar-refractivity contribution in [1.29, 1.82) is 5.26 Å². The molecule has 0 aromatic heterocycles. The maximum Gasteiger partial charge on any atom is 0.227 e. The molecule has 0 unspecified atom stereocenters. The third-order valence-corrected chi connectivity index (χ3v) is 4.61. The van der Waals surface area contributed by atoms with Crippen molar-refractivity contribution in [1.82, 2.24) is 9.80 Å². The number of piperidine rings is 1. The van der Waals surface area contributed by atoms with Crippen molar-refractivity contribution < 1.29 is 9.18 Å². The van der Waals surface area contributed by atoms with E-state index in [-0.39, 0.29) is 23.7 Å². The summed E-state index contributed by atoms with van der Waals surface area (Å²) in [6, 6.07) is 6.58. The van der Waals surface area contributed by atoms with Gasteiger partial charge in [0.15, 0.2) is 0 Å². The molecule has 2 fully saturated rings. The van der Waals surface area contributed by atoms with Gasteiger partial charge in [0.1, 0.15) is 5.82 Å². The Labute approximate surface area is 123 Å². The van der Waals surface area contributed by atoms with Gasteiger partial charge < -0.3 is 4.90 Å². The molecule has 110 valence electrons. The number of rotatable bonds is 2. The van der Waals surface area contributed by atoms with Crippen LogP contribution < -0.4 is 0 Å². The Morgan fingerprint density at radius 2 is 2.29 bits per heavy atom. The van der Waals surface area contributed by atoms with Gasteiger partial charge in [-0.2, -0.15) is 5.26 Å². The number of likely N-dealkylation sites (N-methyl/N-ethyl adjacent to an activating group) is 1. The Hall–Kier alpha value is -1.93. The molecule has 0 aliphatic carbocycles. The number of halogens is 1. The van der Waals surface area contributed by atoms with Crippen LogP contribution in [0.3, 0.4) is 0 Å². The summed E-state index contributed by atoms with van der Waals surface area (Å²) < 4.78 is 13.4. The predicted octanol–water partition coefficient (Wildman–Crippen LogP) is 1.75. The number of likely N-dealkylation sites (tertiary alicyclic amines) is 2. The average Bonchev–Trinajstić information content (AvgIpc) is 2.76. The lowest BCUT2D eigenvalue weighted by Crippen LogP contribution is -2.45. The van der Waals surface area contributed by atoms with Gasteiger partial charge in [-0.25, -0.2) is 4.39 Å². The topological polar surface area (TPSA) is 47.3 Å². The van der Waals surface area contributed by atoms with Crippen molar-refractivity contribution in [3.63, 3.8) is 0 Å². The van der Waals surface area contributed by atoms with Crippen molar-refractivity contribution in [3.05, 3.63) is 35.1 Å². The van der Waals surface area contributed by atoms with Crippen LogP contribution in [0.2, 0.25) is 0 Å². The fraction of sp³-hybridized carbons (Fsp3) is 0.500. The number of benzene rings is 1. The standard InChI is InChI=1S/C16H18FN3O/c1-19-10-15-14(16(19)21)3-2-6-20(15)9-12-7-13(17)5-4-11(12)8-18/h4-5,7,14-15H,2-3,6,9-10H2,1H3/t14-,15-/m1/s1. The van der Waals surface area contributed by atoms with Crippen LogP contribution in [0.1, 0.15) is 24.0 Å². The van der Waals surface area contributed by atoms with Crippen LogP contribution in [0.15, 0.2) is 18.2 Å². The molecular weight excluding hydrogens is 269 g/mol. The average molecular weight is 287 g/mol. The van der Waals surface area contributed by atoms with E-state index in [1.807, 2.05) is 7.05 Å². The summed E-state index contributed by atoms with van der Waals surface area (Å²) in [6.45, 7) is 2.15. The first-order chi connectivity index (χ1) is 10.1. The van der Waals surface area contributed by atoms with Gasteiger partial charge in [0.2, 0.25) is 5.91 Å². The summed E-state index contributed by atoms with van der Waals surface area (Å²) in [4.78, 5) is 16.1. The minimum Gasteiger partial charge on any atom is -0.344 e.